The minimum Gasteiger partial charge on any atom is -0.378 e. The van der Waals surface area contributed by atoms with E-state index < -0.39 is 11.9 Å². The van der Waals surface area contributed by atoms with Gasteiger partial charge in [-0.3, -0.25) is 14.9 Å². The van der Waals surface area contributed by atoms with Crippen molar-refractivity contribution in [2.45, 2.75) is 12.2 Å². The van der Waals surface area contributed by atoms with Gasteiger partial charge >= 0.3 is 6.18 Å². The Hall–Kier alpha value is -2.79. The number of allylic oxidation sites excluding steroid dienone is 1. The first-order valence-corrected chi connectivity index (χ1v) is 9.60. The fourth-order valence-electron chi connectivity index (χ4n) is 3.73. The Labute approximate surface area is 172 Å². The standard InChI is InChI=1S/C19H22F3N7O/c1-23-10-15(28-5-4-24-16(12-28)19(20,21)22)18-25-3-2-17(26-18)29-7-6-27-8-9-30-13-14(27)11-29/h2-4,10,12,14H,1,5-9,11,13H2/b15-10-. The molecule has 2 saturated heterocycles. The van der Waals surface area contributed by atoms with Crippen LogP contribution in [0.25, 0.3) is 5.70 Å². The SMILES string of the molecule is C=N/C=C(/c1nccc(N2CCN3CCOCC3C2)n1)N1C=C(C(F)(F)F)N=CC1. The third-order valence-electron chi connectivity index (χ3n) is 5.23. The molecule has 0 radical (unpaired) electrons. The van der Waals surface area contributed by atoms with Crippen LogP contribution in [0.2, 0.25) is 0 Å². The Morgan fingerprint density at radius 2 is 2.17 bits per heavy atom. The van der Waals surface area contributed by atoms with Gasteiger partial charge in [0.1, 0.15) is 11.5 Å². The Kier molecular flexibility index (Phi) is 5.82. The highest BCUT2D eigenvalue weighted by atomic mass is 19.4. The van der Waals surface area contributed by atoms with Crippen LogP contribution < -0.4 is 4.90 Å². The largest absolute Gasteiger partial charge is 0.434 e. The summed E-state index contributed by atoms with van der Waals surface area (Å²) < 4.78 is 44.9. The van der Waals surface area contributed by atoms with Gasteiger partial charge in [0.25, 0.3) is 0 Å². The number of aliphatic imine (C=N–C) groups is 2. The molecule has 160 valence electrons. The maximum atomic E-state index is 13.1. The summed E-state index contributed by atoms with van der Waals surface area (Å²) in [5.74, 6) is 0.987. The average molecular weight is 421 g/mol. The van der Waals surface area contributed by atoms with Gasteiger partial charge in [-0.15, -0.1) is 0 Å². The molecule has 1 aromatic rings. The van der Waals surface area contributed by atoms with Gasteiger partial charge in [-0.2, -0.15) is 13.2 Å². The molecule has 3 aliphatic heterocycles. The molecule has 3 aliphatic rings. The van der Waals surface area contributed by atoms with Crippen LogP contribution in [0, 0.1) is 0 Å². The summed E-state index contributed by atoms with van der Waals surface area (Å²) in [6.07, 6.45) is 0.545. The zero-order valence-corrected chi connectivity index (χ0v) is 16.3. The fraction of sp³-hybridized carbons (Fsp3) is 0.474. The number of ether oxygens (including phenoxy) is 1. The second kappa shape index (κ2) is 8.52. The molecular weight excluding hydrogens is 399 g/mol. The number of aromatic nitrogens is 2. The van der Waals surface area contributed by atoms with Crippen LogP contribution in [0.15, 0.2) is 40.3 Å². The van der Waals surface area contributed by atoms with Crippen molar-refractivity contribution in [3.8, 4) is 0 Å². The van der Waals surface area contributed by atoms with Crippen LogP contribution in [-0.2, 0) is 4.74 Å². The van der Waals surface area contributed by atoms with Crippen LogP contribution in [0.4, 0.5) is 19.0 Å². The van der Waals surface area contributed by atoms with Crippen LogP contribution in [-0.4, -0.2) is 90.9 Å². The van der Waals surface area contributed by atoms with Gasteiger partial charge in [-0.05, 0) is 12.8 Å². The molecule has 30 heavy (non-hydrogen) atoms. The van der Waals surface area contributed by atoms with E-state index in [2.05, 4.69) is 36.5 Å². The third kappa shape index (κ3) is 4.36. The predicted molar refractivity (Wildman–Crippen MR) is 107 cm³/mol. The van der Waals surface area contributed by atoms with Crippen molar-refractivity contribution in [3.05, 3.63) is 36.2 Å². The lowest BCUT2D eigenvalue weighted by atomic mass is 10.1. The highest BCUT2D eigenvalue weighted by Crippen LogP contribution is 2.30. The molecule has 2 fully saturated rings. The summed E-state index contributed by atoms with van der Waals surface area (Å²) >= 11 is 0. The molecule has 0 amide bonds. The van der Waals surface area contributed by atoms with Crippen molar-refractivity contribution in [2.24, 2.45) is 9.98 Å². The van der Waals surface area contributed by atoms with E-state index in [1.165, 1.54) is 17.3 Å². The molecule has 11 heteroatoms. The number of hydrogen-bond donors (Lipinski definition) is 0. The number of anilines is 1. The summed E-state index contributed by atoms with van der Waals surface area (Å²) in [5.41, 5.74) is -0.673. The smallest absolute Gasteiger partial charge is 0.378 e. The molecule has 4 heterocycles. The second-order valence-electron chi connectivity index (χ2n) is 7.12. The van der Waals surface area contributed by atoms with Crippen LogP contribution in [0.3, 0.4) is 0 Å². The van der Waals surface area contributed by atoms with Crippen molar-refractivity contribution in [1.82, 2.24) is 19.8 Å². The number of alkyl halides is 3. The number of rotatable bonds is 4. The molecule has 1 atom stereocenters. The average Bonchev–Trinajstić information content (AvgIpc) is 2.77. The molecule has 1 unspecified atom stereocenters. The van der Waals surface area contributed by atoms with Crippen molar-refractivity contribution >= 4 is 24.4 Å². The monoisotopic (exact) mass is 421 g/mol. The number of piperazine rings is 1. The highest BCUT2D eigenvalue weighted by molar-refractivity contribution is 5.70. The summed E-state index contributed by atoms with van der Waals surface area (Å²) in [5, 5.41) is 0. The van der Waals surface area contributed by atoms with E-state index in [0.717, 1.165) is 39.0 Å². The predicted octanol–water partition coefficient (Wildman–Crippen LogP) is 1.79. The van der Waals surface area contributed by atoms with Crippen LogP contribution >= 0.6 is 0 Å². The molecule has 0 aromatic carbocycles. The normalized spacial score (nSPS) is 23.2. The first-order chi connectivity index (χ1) is 14.5. The molecule has 0 aliphatic carbocycles. The van der Waals surface area contributed by atoms with E-state index in [0.29, 0.717) is 24.2 Å². The third-order valence-corrected chi connectivity index (χ3v) is 5.23. The van der Waals surface area contributed by atoms with Crippen LogP contribution in [0.5, 0.6) is 0 Å². The summed E-state index contributed by atoms with van der Waals surface area (Å²) in [6.45, 7) is 8.42. The lowest BCUT2D eigenvalue weighted by molar-refractivity contribution is -0.0934. The van der Waals surface area contributed by atoms with Gasteiger partial charge in [0.2, 0.25) is 0 Å². The Morgan fingerprint density at radius 3 is 2.97 bits per heavy atom. The Morgan fingerprint density at radius 1 is 1.30 bits per heavy atom. The van der Waals surface area contributed by atoms with Crippen molar-refractivity contribution in [1.29, 1.82) is 0 Å². The molecule has 0 spiro atoms. The van der Waals surface area contributed by atoms with E-state index in [4.69, 9.17) is 4.74 Å². The van der Waals surface area contributed by atoms with Crippen molar-refractivity contribution < 1.29 is 17.9 Å². The van der Waals surface area contributed by atoms with Gasteiger partial charge in [0, 0.05) is 44.8 Å². The van der Waals surface area contributed by atoms with E-state index in [1.807, 2.05) is 0 Å². The number of fused-ring (bicyclic) bond motifs is 1. The number of hydrogen-bond acceptors (Lipinski definition) is 8. The minimum atomic E-state index is -4.55. The maximum Gasteiger partial charge on any atom is 0.434 e. The van der Waals surface area contributed by atoms with Crippen molar-refractivity contribution in [3.63, 3.8) is 0 Å². The van der Waals surface area contributed by atoms with E-state index in [9.17, 15) is 13.2 Å². The van der Waals surface area contributed by atoms with Gasteiger partial charge in [0.15, 0.2) is 11.5 Å². The Balaban J connectivity index is 1.58. The van der Waals surface area contributed by atoms with Gasteiger partial charge in [-0.25, -0.2) is 9.97 Å². The topological polar surface area (TPSA) is 69.5 Å². The van der Waals surface area contributed by atoms with E-state index in [1.54, 1.807) is 12.3 Å². The molecule has 0 bridgehead atoms. The lowest BCUT2D eigenvalue weighted by Crippen LogP contribution is -2.58. The molecule has 8 nitrogen and oxygen atoms in total. The maximum absolute atomic E-state index is 13.1. The number of nitrogens with zero attached hydrogens (tertiary/aromatic N) is 7. The van der Waals surface area contributed by atoms with Gasteiger partial charge in [-0.1, -0.05) is 0 Å². The van der Waals surface area contributed by atoms with Crippen LogP contribution in [0.1, 0.15) is 5.82 Å². The second-order valence-corrected chi connectivity index (χ2v) is 7.12. The molecule has 0 N–H and O–H groups in total. The minimum absolute atomic E-state index is 0.145. The summed E-state index contributed by atoms with van der Waals surface area (Å²) in [4.78, 5) is 22.0. The van der Waals surface area contributed by atoms with E-state index in [-0.39, 0.29) is 12.4 Å². The van der Waals surface area contributed by atoms with Gasteiger partial charge in [0.05, 0.1) is 32.0 Å². The fourth-order valence-corrected chi connectivity index (χ4v) is 3.73. The molecule has 1 aromatic heterocycles. The number of halogens is 3. The van der Waals surface area contributed by atoms with E-state index >= 15 is 0 Å². The summed E-state index contributed by atoms with van der Waals surface area (Å²) in [6, 6.07) is 2.10. The zero-order valence-electron chi connectivity index (χ0n) is 16.3. The lowest BCUT2D eigenvalue weighted by Gasteiger charge is -2.44. The number of morpholine rings is 1. The summed E-state index contributed by atoms with van der Waals surface area (Å²) in [7, 11) is 0. The zero-order chi connectivity index (χ0) is 21.1. The first-order valence-electron chi connectivity index (χ1n) is 9.60. The van der Waals surface area contributed by atoms with Gasteiger partial charge < -0.3 is 14.5 Å². The molecule has 0 saturated carbocycles. The first kappa shape index (κ1) is 20.5. The quantitative estimate of drug-likeness (QED) is 0.691. The molecule has 4 rings (SSSR count). The Bertz CT molecular complexity index is 883. The van der Waals surface area contributed by atoms with Crippen molar-refractivity contribution in [2.75, 3.05) is 50.8 Å². The highest BCUT2D eigenvalue weighted by Gasteiger charge is 2.36. The molecular formula is C19H22F3N7O.